The first-order valence-electron chi connectivity index (χ1n) is 2.38. The summed E-state index contributed by atoms with van der Waals surface area (Å²) in [5.41, 5.74) is 0. The predicted octanol–water partition coefficient (Wildman–Crippen LogP) is -4.34. The van der Waals surface area contributed by atoms with Crippen LogP contribution in [0.15, 0.2) is 0 Å². The maximum absolute atomic E-state index is 10.2. The Morgan fingerprint density at radius 3 is 1.69 bits per heavy atom. The van der Waals surface area contributed by atoms with Crippen molar-refractivity contribution in [2.45, 2.75) is 0 Å². The third-order valence-electron chi connectivity index (χ3n) is 0.617. The van der Waals surface area contributed by atoms with Crippen molar-refractivity contribution in [1.82, 2.24) is 4.47 Å². The molecule has 0 aromatic heterocycles. The van der Waals surface area contributed by atoms with Crippen LogP contribution in [0.2, 0.25) is 0 Å². The second kappa shape index (κ2) is 5.58. The molecule has 2 N–H and O–H groups in total. The largest absolute Gasteiger partial charge is 1.00 e. The molecule has 74 valence electrons. The Morgan fingerprint density at radius 2 is 1.62 bits per heavy atom. The van der Waals surface area contributed by atoms with Crippen LogP contribution in [0.5, 0.6) is 0 Å². The SMILES string of the molecule is [CH2-]CN(OS(=O)(=O)O)S(=O)(=O)O.[Na+]. The van der Waals surface area contributed by atoms with Gasteiger partial charge in [-0.15, -0.1) is 4.28 Å². The van der Waals surface area contributed by atoms with Crippen LogP contribution in [0.3, 0.4) is 0 Å². The molecule has 0 aliphatic rings. The van der Waals surface area contributed by atoms with E-state index in [0.29, 0.717) is 0 Å². The van der Waals surface area contributed by atoms with Gasteiger partial charge in [0.05, 0.1) is 0 Å². The molecule has 0 aromatic rings. The van der Waals surface area contributed by atoms with Gasteiger partial charge < -0.3 is 6.92 Å². The minimum atomic E-state index is -4.97. The number of rotatable bonds is 4. The summed E-state index contributed by atoms with van der Waals surface area (Å²) in [6, 6.07) is 0. The summed E-state index contributed by atoms with van der Waals surface area (Å²) < 4.78 is 59.4. The van der Waals surface area contributed by atoms with Gasteiger partial charge in [-0.2, -0.15) is 16.8 Å². The first kappa shape index (κ1) is 16.2. The first-order valence-corrected chi connectivity index (χ1v) is 5.14. The maximum Gasteiger partial charge on any atom is 1.00 e. The summed E-state index contributed by atoms with van der Waals surface area (Å²) in [6.45, 7) is 2.21. The van der Waals surface area contributed by atoms with Crippen molar-refractivity contribution < 1.29 is 59.8 Å². The smallest absolute Gasteiger partial charge is 0.326 e. The molecule has 0 aliphatic carbocycles. The summed E-state index contributed by atoms with van der Waals surface area (Å²) in [5.74, 6) is 0. The molecule has 0 saturated heterocycles. The van der Waals surface area contributed by atoms with Gasteiger partial charge in [0, 0.05) is 0 Å². The second-order valence-corrected chi connectivity index (χ2v) is 3.81. The van der Waals surface area contributed by atoms with Crippen molar-refractivity contribution in [3.05, 3.63) is 6.92 Å². The molecule has 0 saturated carbocycles. The predicted molar refractivity (Wildman–Crippen MR) is 36.2 cm³/mol. The Labute approximate surface area is 97.9 Å². The molecule has 0 atom stereocenters. The van der Waals surface area contributed by atoms with Crippen LogP contribution in [-0.4, -0.2) is 37.0 Å². The summed E-state index contributed by atoms with van der Waals surface area (Å²) in [7, 11) is -9.81. The molecule has 0 amide bonds. The summed E-state index contributed by atoms with van der Waals surface area (Å²) in [5, 5.41) is 0. The van der Waals surface area contributed by atoms with Crippen LogP contribution in [0.1, 0.15) is 0 Å². The Bertz CT molecular complexity index is 332. The van der Waals surface area contributed by atoms with Crippen LogP contribution in [0.4, 0.5) is 0 Å². The summed E-state index contributed by atoms with van der Waals surface area (Å²) >= 11 is 0. The number of nitrogens with zero attached hydrogens (tertiary/aromatic N) is 1. The van der Waals surface area contributed by atoms with Gasteiger partial charge >= 0.3 is 50.3 Å². The third kappa shape index (κ3) is 7.78. The first-order chi connectivity index (χ1) is 5.17. The van der Waals surface area contributed by atoms with E-state index in [4.69, 9.17) is 9.11 Å². The average molecular weight is 243 g/mol. The second-order valence-electron chi connectivity index (χ2n) is 1.51. The van der Waals surface area contributed by atoms with E-state index >= 15 is 0 Å². The molecule has 0 spiro atoms. The van der Waals surface area contributed by atoms with E-state index in [1.54, 1.807) is 0 Å². The van der Waals surface area contributed by atoms with Gasteiger partial charge in [-0.1, -0.05) is 11.0 Å². The molecule has 0 bridgehead atoms. The normalized spacial score (nSPS) is 12.6. The van der Waals surface area contributed by atoms with Gasteiger partial charge in [0.1, 0.15) is 0 Å². The van der Waals surface area contributed by atoms with Crippen molar-refractivity contribution in [2.24, 2.45) is 0 Å². The standard InChI is InChI=1S/C2H6NO7S2.Na/c1-2-3(11(4,5)6)10-12(7,8)9;/h1-2H2,(H,4,5,6)(H,7,8,9);/q-1;+1. The van der Waals surface area contributed by atoms with E-state index in [-0.39, 0.29) is 29.6 Å². The van der Waals surface area contributed by atoms with Crippen LogP contribution in [-0.2, 0) is 25.0 Å². The molecule has 11 heteroatoms. The van der Waals surface area contributed by atoms with Crippen molar-refractivity contribution >= 4 is 20.7 Å². The van der Waals surface area contributed by atoms with E-state index in [2.05, 4.69) is 11.2 Å². The molecule has 0 rings (SSSR count). The number of hydrogen-bond donors (Lipinski definition) is 2. The summed E-state index contributed by atoms with van der Waals surface area (Å²) in [6.07, 6.45) is 0. The number of hydrogen-bond acceptors (Lipinski definition) is 5. The topological polar surface area (TPSA) is 121 Å². The maximum atomic E-state index is 10.2. The van der Waals surface area contributed by atoms with Crippen LogP contribution in [0, 0.1) is 6.92 Å². The average Bonchev–Trinajstić information content (AvgIpc) is 1.78. The van der Waals surface area contributed by atoms with Crippen molar-refractivity contribution in [1.29, 1.82) is 0 Å². The zero-order valence-corrected chi connectivity index (χ0v) is 10.2. The van der Waals surface area contributed by atoms with Gasteiger partial charge in [0.15, 0.2) is 0 Å². The van der Waals surface area contributed by atoms with E-state index in [1.807, 2.05) is 0 Å². The molecule has 0 fully saturated rings. The van der Waals surface area contributed by atoms with Crippen molar-refractivity contribution in [3.8, 4) is 0 Å². The fourth-order valence-electron chi connectivity index (χ4n) is 0.296. The third-order valence-corrected chi connectivity index (χ3v) is 1.85. The quantitative estimate of drug-likeness (QED) is 0.221. The minimum Gasteiger partial charge on any atom is -0.326 e. The zero-order valence-electron chi connectivity index (χ0n) is 6.61. The Kier molecular flexibility index (Phi) is 6.94. The molecule has 8 nitrogen and oxygen atoms in total. The van der Waals surface area contributed by atoms with Crippen LogP contribution in [0.25, 0.3) is 0 Å². The van der Waals surface area contributed by atoms with Crippen LogP contribution < -0.4 is 29.6 Å². The molecule has 0 unspecified atom stereocenters. The van der Waals surface area contributed by atoms with Crippen molar-refractivity contribution in [2.75, 3.05) is 6.54 Å². The van der Waals surface area contributed by atoms with Crippen LogP contribution >= 0.6 is 0 Å². The Morgan fingerprint density at radius 1 is 1.23 bits per heavy atom. The Hall–Kier alpha value is 0.740. The fourth-order valence-corrected chi connectivity index (χ4v) is 1.35. The number of hydroxylamine groups is 1. The zero-order chi connectivity index (χ0) is 9.99. The molecule has 13 heavy (non-hydrogen) atoms. The fraction of sp³-hybridized carbons (Fsp3) is 0.500. The van der Waals surface area contributed by atoms with Crippen molar-refractivity contribution in [3.63, 3.8) is 0 Å². The monoisotopic (exact) mass is 243 g/mol. The molecular formula is C2H6NNaO7S2. The van der Waals surface area contributed by atoms with E-state index in [9.17, 15) is 16.8 Å². The molecule has 0 aromatic carbocycles. The molecule has 0 heterocycles. The van der Waals surface area contributed by atoms with Gasteiger partial charge in [-0.25, -0.2) is 0 Å². The summed E-state index contributed by atoms with van der Waals surface area (Å²) in [4.78, 5) is 0. The molecule has 0 radical (unpaired) electrons. The van der Waals surface area contributed by atoms with Gasteiger partial charge in [-0.05, 0) is 0 Å². The van der Waals surface area contributed by atoms with Gasteiger partial charge in [0.2, 0.25) is 0 Å². The van der Waals surface area contributed by atoms with E-state index < -0.39 is 31.7 Å². The minimum absolute atomic E-state index is 0. The Balaban J connectivity index is 0. The molecule has 0 aliphatic heterocycles. The van der Waals surface area contributed by atoms with E-state index in [0.717, 1.165) is 0 Å². The van der Waals surface area contributed by atoms with Gasteiger partial charge in [0.25, 0.3) is 0 Å². The van der Waals surface area contributed by atoms with E-state index in [1.165, 1.54) is 0 Å². The molecular weight excluding hydrogens is 237 g/mol. The van der Waals surface area contributed by atoms with Gasteiger partial charge in [-0.3, -0.25) is 9.11 Å².